The summed E-state index contributed by atoms with van der Waals surface area (Å²) in [6.45, 7) is 4.91. The number of amides is 1. The van der Waals surface area contributed by atoms with Crippen LogP contribution in [-0.2, 0) is 14.3 Å². The largest absolute Gasteiger partial charge is 0.466 e. The first-order chi connectivity index (χ1) is 44.0. The van der Waals surface area contributed by atoms with E-state index in [1.807, 2.05) is 6.08 Å². The number of rotatable bonds is 75. The third-order valence-electron chi connectivity index (χ3n) is 18.5. The lowest BCUT2D eigenvalue weighted by atomic mass is 10.0. The molecule has 522 valence electrons. The Morgan fingerprint density at radius 3 is 0.876 bits per heavy atom. The molecule has 0 aromatic rings. The van der Waals surface area contributed by atoms with Crippen LogP contribution in [0.2, 0.25) is 0 Å². The molecule has 89 heavy (non-hydrogen) atoms. The summed E-state index contributed by atoms with van der Waals surface area (Å²) in [6.07, 6.45) is 105. The monoisotopic (exact) mass is 1250 g/mol. The van der Waals surface area contributed by atoms with Crippen molar-refractivity contribution in [2.24, 2.45) is 0 Å². The quantitative estimate of drug-likeness (QED) is 0.0320. The van der Waals surface area contributed by atoms with Crippen LogP contribution in [0.1, 0.15) is 431 Å². The van der Waals surface area contributed by atoms with Crippen LogP contribution in [0.3, 0.4) is 0 Å². The zero-order valence-corrected chi connectivity index (χ0v) is 59.9. The fourth-order valence-electron chi connectivity index (χ4n) is 12.4. The molecule has 0 aromatic heterocycles. The van der Waals surface area contributed by atoms with Gasteiger partial charge in [-0.05, 0) is 96.3 Å². The van der Waals surface area contributed by atoms with Gasteiger partial charge in [0.25, 0.3) is 0 Å². The van der Waals surface area contributed by atoms with Gasteiger partial charge in [0.05, 0.1) is 25.4 Å². The van der Waals surface area contributed by atoms with E-state index in [-0.39, 0.29) is 18.5 Å². The number of hydrogen-bond acceptors (Lipinski definition) is 5. The van der Waals surface area contributed by atoms with Gasteiger partial charge in [0.15, 0.2) is 0 Å². The van der Waals surface area contributed by atoms with E-state index < -0.39 is 12.1 Å². The zero-order chi connectivity index (χ0) is 64.2. The average Bonchev–Trinajstić information content (AvgIpc) is 3.56. The third-order valence-corrected chi connectivity index (χ3v) is 18.5. The summed E-state index contributed by atoms with van der Waals surface area (Å²) in [5.41, 5.74) is 0. The van der Waals surface area contributed by atoms with Gasteiger partial charge in [-0.15, -0.1) is 0 Å². The zero-order valence-electron chi connectivity index (χ0n) is 59.9. The molecule has 3 N–H and O–H groups in total. The minimum absolute atomic E-state index is 0.00268. The van der Waals surface area contributed by atoms with Crippen molar-refractivity contribution in [3.8, 4) is 0 Å². The minimum Gasteiger partial charge on any atom is -0.466 e. The van der Waals surface area contributed by atoms with Crippen molar-refractivity contribution in [3.63, 3.8) is 0 Å². The van der Waals surface area contributed by atoms with E-state index in [0.29, 0.717) is 19.4 Å². The average molecular weight is 1250 g/mol. The van der Waals surface area contributed by atoms with E-state index in [2.05, 4.69) is 67.8 Å². The normalized spacial score (nSPS) is 12.8. The van der Waals surface area contributed by atoms with Crippen LogP contribution in [0.5, 0.6) is 0 Å². The van der Waals surface area contributed by atoms with E-state index in [4.69, 9.17) is 4.74 Å². The lowest BCUT2D eigenvalue weighted by Gasteiger charge is -2.20. The number of nitrogens with one attached hydrogen (secondary N) is 1. The smallest absolute Gasteiger partial charge is 0.305 e. The molecule has 0 saturated heterocycles. The Balaban J connectivity index is 3.40. The van der Waals surface area contributed by atoms with Crippen molar-refractivity contribution in [2.75, 3.05) is 13.2 Å². The summed E-state index contributed by atoms with van der Waals surface area (Å²) in [5, 5.41) is 23.3. The van der Waals surface area contributed by atoms with Gasteiger partial charge in [0.2, 0.25) is 5.91 Å². The van der Waals surface area contributed by atoms with Gasteiger partial charge in [-0.25, -0.2) is 0 Å². The van der Waals surface area contributed by atoms with Gasteiger partial charge < -0.3 is 20.3 Å². The van der Waals surface area contributed by atoms with Crippen molar-refractivity contribution in [1.82, 2.24) is 5.32 Å². The fourth-order valence-corrected chi connectivity index (χ4v) is 12.4. The van der Waals surface area contributed by atoms with E-state index >= 15 is 0 Å². The van der Waals surface area contributed by atoms with Gasteiger partial charge in [0.1, 0.15) is 0 Å². The molecule has 0 spiro atoms. The molecule has 0 aromatic carbocycles. The first kappa shape index (κ1) is 86.6. The van der Waals surface area contributed by atoms with Crippen LogP contribution in [0.25, 0.3) is 0 Å². The highest BCUT2D eigenvalue weighted by atomic mass is 16.5. The van der Waals surface area contributed by atoms with Crippen LogP contribution in [0, 0.1) is 0 Å². The summed E-state index contributed by atoms with van der Waals surface area (Å²) >= 11 is 0. The summed E-state index contributed by atoms with van der Waals surface area (Å²) < 4.78 is 5.49. The molecule has 0 aliphatic carbocycles. The maximum atomic E-state index is 12.5. The molecule has 0 rings (SSSR count). The SMILES string of the molecule is CCCCC/C=C\C/C=C\CCCCCCCC(=O)OCCCCCCCCCCCCC/C=C\C/C=C\CCCCCCCCCCCCCCCCCCCC(=O)NC(CO)C(O)/C=C/CCCCCCCCCCCCCCCCCCCCCC. The number of allylic oxidation sites excluding steroid dienone is 9. The van der Waals surface area contributed by atoms with Crippen molar-refractivity contribution in [1.29, 1.82) is 0 Å². The molecule has 1 amide bonds. The standard InChI is InChI=1S/C83H155NO5/c1-3-5-7-9-11-13-15-17-19-20-21-22-38-41-44-48-51-55-59-63-67-71-75-81(86)80(79-85)84-82(87)76-72-68-64-60-56-52-49-45-42-39-36-34-32-30-28-26-24-23-25-27-29-31-33-35-37-40-43-46-50-54-58-62-66-70-74-78-89-83(88)77-73-69-65-61-57-53-47-18-16-14-12-10-8-6-4-2/h12,14,18,25,27,31,33,47,71,75,80-81,85-86H,3-11,13,15-17,19-24,26,28-30,32,34-46,48-70,72-74,76-79H2,1-2H3,(H,84,87)/b14-12-,27-25-,33-31-,47-18-,75-71+. The van der Waals surface area contributed by atoms with E-state index in [1.165, 1.54) is 347 Å². The molecule has 0 bridgehead atoms. The molecule has 0 fully saturated rings. The Kier molecular flexibility index (Phi) is 75.9. The lowest BCUT2D eigenvalue weighted by molar-refractivity contribution is -0.143. The summed E-state index contributed by atoms with van der Waals surface area (Å²) in [6, 6.07) is -0.628. The maximum absolute atomic E-state index is 12.5. The summed E-state index contributed by atoms with van der Waals surface area (Å²) in [5.74, 6) is -0.0590. The molecule has 0 aliphatic heterocycles. The van der Waals surface area contributed by atoms with Crippen molar-refractivity contribution >= 4 is 11.9 Å². The predicted octanol–water partition coefficient (Wildman–Crippen LogP) is 26.5. The van der Waals surface area contributed by atoms with Gasteiger partial charge in [-0.3, -0.25) is 9.59 Å². The molecule has 6 heteroatoms. The fraction of sp³-hybridized carbons (Fsp3) is 0.855. The van der Waals surface area contributed by atoms with E-state index in [9.17, 15) is 19.8 Å². The molecular formula is C83H155NO5. The Labute approximate surface area is 556 Å². The number of carbonyl (C=O) groups excluding carboxylic acids is 2. The first-order valence-electron chi connectivity index (χ1n) is 40.1. The Morgan fingerprint density at radius 1 is 0.315 bits per heavy atom. The van der Waals surface area contributed by atoms with Gasteiger partial charge in [0, 0.05) is 12.8 Å². The van der Waals surface area contributed by atoms with Crippen molar-refractivity contribution in [2.45, 2.75) is 443 Å². The molecular weight excluding hydrogens is 1090 g/mol. The second kappa shape index (κ2) is 78.0. The second-order valence-corrected chi connectivity index (χ2v) is 27.4. The number of esters is 1. The van der Waals surface area contributed by atoms with Crippen LogP contribution < -0.4 is 5.32 Å². The lowest BCUT2D eigenvalue weighted by Crippen LogP contribution is -2.45. The minimum atomic E-state index is -0.845. The molecule has 0 radical (unpaired) electrons. The van der Waals surface area contributed by atoms with Gasteiger partial charge in [-0.2, -0.15) is 0 Å². The van der Waals surface area contributed by atoms with Gasteiger partial charge >= 0.3 is 5.97 Å². The third kappa shape index (κ3) is 74.5. The number of unbranched alkanes of at least 4 members (excludes halogenated alkanes) is 56. The molecule has 2 atom stereocenters. The maximum Gasteiger partial charge on any atom is 0.305 e. The molecule has 0 aliphatic rings. The highest BCUT2D eigenvalue weighted by Crippen LogP contribution is 2.19. The summed E-state index contributed by atoms with van der Waals surface area (Å²) in [4.78, 5) is 24.6. The van der Waals surface area contributed by atoms with E-state index in [1.54, 1.807) is 6.08 Å². The Bertz CT molecular complexity index is 1530. The number of aliphatic hydroxyl groups excluding tert-OH is 2. The predicted molar refractivity (Wildman–Crippen MR) is 393 cm³/mol. The molecule has 2 unspecified atom stereocenters. The van der Waals surface area contributed by atoms with E-state index in [0.717, 1.165) is 57.8 Å². The number of carbonyl (C=O) groups is 2. The second-order valence-electron chi connectivity index (χ2n) is 27.4. The first-order valence-corrected chi connectivity index (χ1v) is 40.1. The van der Waals surface area contributed by atoms with Crippen LogP contribution >= 0.6 is 0 Å². The number of aliphatic hydroxyl groups is 2. The molecule has 6 nitrogen and oxygen atoms in total. The number of hydrogen-bond donors (Lipinski definition) is 3. The van der Waals surface area contributed by atoms with Crippen molar-refractivity contribution < 1.29 is 24.5 Å². The van der Waals surface area contributed by atoms with Crippen LogP contribution in [0.4, 0.5) is 0 Å². The highest BCUT2D eigenvalue weighted by Gasteiger charge is 2.18. The topological polar surface area (TPSA) is 95.9 Å². The van der Waals surface area contributed by atoms with Crippen LogP contribution in [-0.4, -0.2) is 47.4 Å². The molecule has 0 saturated carbocycles. The Morgan fingerprint density at radius 2 is 0.562 bits per heavy atom. The Hall–Kier alpha value is -2.44. The number of ether oxygens (including phenoxy) is 1. The summed E-state index contributed by atoms with van der Waals surface area (Å²) in [7, 11) is 0. The van der Waals surface area contributed by atoms with Crippen molar-refractivity contribution in [3.05, 3.63) is 60.8 Å². The van der Waals surface area contributed by atoms with Crippen LogP contribution in [0.15, 0.2) is 60.8 Å². The molecule has 0 heterocycles. The van der Waals surface area contributed by atoms with Gasteiger partial charge in [-0.1, -0.05) is 383 Å². The highest BCUT2D eigenvalue weighted by molar-refractivity contribution is 5.76.